The Bertz CT molecular complexity index is 434. The van der Waals surface area contributed by atoms with Crippen molar-refractivity contribution < 1.29 is 5.11 Å². The zero-order valence-corrected chi connectivity index (χ0v) is 11.0. The number of pyridine rings is 1. The summed E-state index contributed by atoms with van der Waals surface area (Å²) in [6.07, 6.45) is 6.05. The molecule has 1 aliphatic rings. The van der Waals surface area contributed by atoms with E-state index in [-0.39, 0.29) is 6.04 Å². The van der Waals surface area contributed by atoms with Crippen molar-refractivity contribution in [3.63, 3.8) is 0 Å². The van der Waals surface area contributed by atoms with Crippen molar-refractivity contribution >= 4 is 0 Å². The van der Waals surface area contributed by atoms with Gasteiger partial charge >= 0.3 is 0 Å². The Morgan fingerprint density at radius 1 is 1.53 bits per heavy atom. The normalized spacial score (nSPS) is 17.4. The van der Waals surface area contributed by atoms with Gasteiger partial charge in [0.15, 0.2) is 0 Å². The monoisotopic (exact) mass is 259 g/mol. The zero-order chi connectivity index (χ0) is 13.5. The molecule has 0 unspecified atom stereocenters. The molecule has 2 atom stereocenters. The number of rotatable bonds is 6. The molecule has 4 N–H and O–H groups in total. The maximum atomic E-state index is 9.94. The molecule has 102 valence electrons. The van der Waals surface area contributed by atoms with E-state index in [0.717, 1.165) is 5.56 Å². The maximum Gasteiger partial charge on any atom is 0.0818 e. The van der Waals surface area contributed by atoms with Crippen LogP contribution in [0.3, 0.4) is 0 Å². The van der Waals surface area contributed by atoms with Gasteiger partial charge in [-0.3, -0.25) is 4.98 Å². The van der Waals surface area contributed by atoms with E-state index in [1.54, 1.807) is 12.4 Å². The summed E-state index contributed by atoms with van der Waals surface area (Å²) in [4.78, 5) is 4.03. The van der Waals surface area contributed by atoms with Crippen molar-refractivity contribution in [3.8, 4) is 11.8 Å². The molecule has 1 aliphatic carbocycles. The van der Waals surface area contributed by atoms with Gasteiger partial charge in [-0.05, 0) is 30.9 Å². The second-order valence-corrected chi connectivity index (χ2v) is 5.02. The minimum atomic E-state index is -0.567. The number of nitrogens with zero attached hydrogens (tertiary/aromatic N) is 1. The molecule has 0 amide bonds. The molecule has 0 aliphatic heterocycles. The first kappa shape index (κ1) is 14.0. The average molecular weight is 259 g/mol. The topological polar surface area (TPSA) is 71.2 Å². The fourth-order valence-electron chi connectivity index (χ4n) is 1.78. The second-order valence-electron chi connectivity index (χ2n) is 5.02. The molecule has 0 spiro atoms. The van der Waals surface area contributed by atoms with Crippen LogP contribution in [-0.4, -0.2) is 35.3 Å². The lowest BCUT2D eigenvalue weighted by atomic mass is 10.0. The van der Waals surface area contributed by atoms with E-state index in [2.05, 4.69) is 22.1 Å². The quantitative estimate of drug-likeness (QED) is 0.508. The van der Waals surface area contributed by atoms with Crippen molar-refractivity contribution in [2.45, 2.75) is 31.4 Å². The van der Waals surface area contributed by atoms with Crippen LogP contribution in [0.5, 0.6) is 0 Å². The Labute approximate surface area is 114 Å². The molecule has 19 heavy (non-hydrogen) atoms. The zero-order valence-electron chi connectivity index (χ0n) is 11.0. The summed E-state index contributed by atoms with van der Waals surface area (Å²) < 4.78 is 0. The van der Waals surface area contributed by atoms with Gasteiger partial charge in [-0.2, -0.15) is 0 Å². The van der Waals surface area contributed by atoms with Crippen molar-refractivity contribution in [3.05, 3.63) is 30.1 Å². The third-order valence-corrected chi connectivity index (χ3v) is 3.14. The van der Waals surface area contributed by atoms with Crippen LogP contribution in [0.1, 0.15) is 18.4 Å². The minimum absolute atomic E-state index is 0.284. The molecular formula is C15H21N3O. The van der Waals surface area contributed by atoms with Gasteiger partial charge in [0.2, 0.25) is 0 Å². The fourth-order valence-corrected chi connectivity index (χ4v) is 1.78. The number of nitrogens with one attached hydrogen (secondary N) is 1. The predicted octanol–water partition coefficient (Wildman–Crippen LogP) is 0.315. The molecule has 0 bridgehead atoms. The van der Waals surface area contributed by atoms with Crippen LogP contribution in [0.2, 0.25) is 0 Å². The summed E-state index contributed by atoms with van der Waals surface area (Å²) in [7, 11) is 0. The first-order valence-electron chi connectivity index (χ1n) is 6.77. The van der Waals surface area contributed by atoms with E-state index in [9.17, 15) is 5.11 Å². The molecule has 4 heteroatoms. The SMILES string of the molecule is N[C@@H](Cc1cccnc1)[C@H](O)CNCC#CC1CC1. The molecule has 1 aromatic rings. The summed E-state index contributed by atoms with van der Waals surface area (Å²) >= 11 is 0. The molecule has 1 aromatic heterocycles. The van der Waals surface area contributed by atoms with Gasteiger partial charge in [0.1, 0.15) is 0 Å². The standard InChI is InChI=1S/C15H21N3O/c16-14(9-13-4-2-7-17-10-13)15(19)11-18-8-1-3-12-5-6-12/h2,4,7,10,12,14-15,18-19H,5-6,8-9,11,16H2/t14-,15+/m0/s1. The number of aromatic nitrogens is 1. The summed E-state index contributed by atoms with van der Waals surface area (Å²) in [6.45, 7) is 1.09. The van der Waals surface area contributed by atoms with Gasteiger partial charge in [-0.1, -0.05) is 17.9 Å². The van der Waals surface area contributed by atoms with Crippen LogP contribution in [-0.2, 0) is 6.42 Å². The minimum Gasteiger partial charge on any atom is -0.390 e. The Balaban J connectivity index is 1.64. The highest BCUT2D eigenvalue weighted by atomic mass is 16.3. The average Bonchev–Trinajstić information content (AvgIpc) is 3.23. The molecule has 0 radical (unpaired) electrons. The van der Waals surface area contributed by atoms with E-state index in [4.69, 9.17) is 5.73 Å². The Morgan fingerprint density at radius 3 is 3.05 bits per heavy atom. The predicted molar refractivity (Wildman–Crippen MR) is 75.3 cm³/mol. The smallest absolute Gasteiger partial charge is 0.0818 e. The van der Waals surface area contributed by atoms with Crippen molar-refractivity contribution in [2.24, 2.45) is 11.7 Å². The van der Waals surface area contributed by atoms with Crippen LogP contribution >= 0.6 is 0 Å². The number of nitrogens with two attached hydrogens (primary N) is 1. The van der Waals surface area contributed by atoms with Gasteiger partial charge in [-0.15, -0.1) is 0 Å². The van der Waals surface area contributed by atoms with Crippen LogP contribution < -0.4 is 11.1 Å². The van der Waals surface area contributed by atoms with Crippen LogP contribution in [0.15, 0.2) is 24.5 Å². The molecular weight excluding hydrogens is 238 g/mol. The van der Waals surface area contributed by atoms with E-state index >= 15 is 0 Å². The highest BCUT2D eigenvalue weighted by Crippen LogP contribution is 2.27. The maximum absolute atomic E-state index is 9.94. The van der Waals surface area contributed by atoms with Crippen molar-refractivity contribution in [2.75, 3.05) is 13.1 Å². The Morgan fingerprint density at radius 2 is 2.37 bits per heavy atom. The highest BCUT2D eigenvalue weighted by molar-refractivity contribution is 5.11. The van der Waals surface area contributed by atoms with E-state index in [1.165, 1.54) is 12.8 Å². The van der Waals surface area contributed by atoms with Crippen LogP contribution in [0.25, 0.3) is 0 Å². The van der Waals surface area contributed by atoms with Gasteiger partial charge in [0.25, 0.3) is 0 Å². The lowest BCUT2D eigenvalue weighted by Gasteiger charge is -2.18. The van der Waals surface area contributed by atoms with E-state index in [1.807, 2.05) is 12.1 Å². The van der Waals surface area contributed by atoms with E-state index in [0.29, 0.717) is 25.4 Å². The largest absolute Gasteiger partial charge is 0.390 e. The van der Waals surface area contributed by atoms with Gasteiger partial charge in [-0.25, -0.2) is 0 Å². The number of hydrogen-bond acceptors (Lipinski definition) is 4. The second kappa shape index (κ2) is 7.25. The molecule has 1 fully saturated rings. The molecule has 1 heterocycles. The van der Waals surface area contributed by atoms with Crippen LogP contribution in [0, 0.1) is 17.8 Å². The number of aliphatic hydroxyl groups is 1. The summed E-state index contributed by atoms with van der Waals surface area (Å²) in [5.74, 6) is 6.86. The van der Waals surface area contributed by atoms with Crippen molar-refractivity contribution in [1.29, 1.82) is 0 Å². The third kappa shape index (κ3) is 5.39. The van der Waals surface area contributed by atoms with Crippen LogP contribution in [0.4, 0.5) is 0 Å². The molecule has 0 aromatic carbocycles. The fraction of sp³-hybridized carbons (Fsp3) is 0.533. The van der Waals surface area contributed by atoms with Gasteiger partial charge in [0.05, 0.1) is 12.6 Å². The first-order valence-corrected chi connectivity index (χ1v) is 6.77. The lowest BCUT2D eigenvalue weighted by Crippen LogP contribution is -2.43. The summed E-state index contributed by atoms with van der Waals surface area (Å²) in [6, 6.07) is 3.56. The summed E-state index contributed by atoms with van der Waals surface area (Å²) in [5.41, 5.74) is 7.01. The Kier molecular flexibility index (Phi) is 5.34. The molecule has 0 saturated heterocycles. The number of hydrogen-bond donors (Lipinski definition) is 3. The highest BCUT2D eigenvalue weighted by Gasteiger charge is 2.17. The molecule has 1 saturated carbocycles. The van der Waals surface area contributed by atoms with Crippen molar-refractivity contribution in [1.82, 2.24) is 10.3 Å². The number of aliphatic hydroxyl groups excluding tert-OH is 1. The Hall–Kier alpha value is -1.41. The summed E-state index contributed by atoms with van der Waals surface area (Å²) in [5, 5.41) is 13.1. The lowest BCUT2D eigenvalue weighted by molar-refractivity contribution is 0.143. The first-order chi connectivity index (χ1) is 9.25. The van der Waals surface area contributed by atoms with E-state index < -0.39 is 6.10 Å². The third-order valence-electron chi connectivity index (χ3n) is 3.14. The molecule has 2 rings (SSSR count). The van der Waals surface area contributed by atoms with Gasteiger partial charge < -0.3 is 16.2 Å². The van der Waals surface area contributed by atoms with Gasteiger partial charge in [0, 0.05) is 30.9 Å². The molecule has 4 nitrogen and oxygen atoms in total.